The predicted molar refractivity (Wildman–Crippen MR) is 95.5 cm³/mol. The molecule has 0 aliphatic rings. The van der Waals surface area contributed by atoms with Crippen LogP contribution in [0.25, 0.3) is 10.1 Å². The largest absolute Gasteiger partial charge is 0.434 e. The predicted octanol–water partition coefficient (Wildman–Crippen LogP) is 4.58. The number of carbonyl (C=O) groups excluding carboxylic acids is 1. The van der Waals surface area contributed by atoms with Gasteiger partial charge in [0.05, 0.1) is 21.3 Å². The maximum absolute atomic E-state index is 12.6. The Bertz CT molecular complexity index is 944. The molecule has 25 heavy (non-hydrogen) atoms. The number of aryl methyl sites for hydroxylation is 1. The molecule has 0 unspecified atom stereocenters. The molecule has 0 aliphatic heterocycles. The molecule has 2 heterocycles. The fourth-order valence-corrected chi connectivity index (χ4v) is 4.32. The lowest BCUT2D eigenvalue weighted by molar-refractivity contribution is -0.0487. The van der Waals surface area contributed by atoms with Crippen LogP contribution in [0.15, 0.2) is 29.0 Å². The number of hydrogen-bond acceptors (Lipinski definition) is 4. The summed E-state index contributed by atoms with van der Waals surface area (Å²) in [5.74, 6) is -0.467. The highest BCUT2D eigenvalue weighted by Gasteiger charge is 2.22. The van der Waals surface area contributed by atoms with Crippen LogP contribution < -0.4 is 10.1 Å². The fraction of sp³-hybridized carbons (Fsp3) is 0.200. The van der Waals surface area contributed by atoms with E-state index in [4.69, 9.17) is 11.6 Å². The van der Waals surface area contributed by atoms with Crippen molar-refractivity contribution in [3.8, 4) is 5.75 Å². The summed E-state index contributed by atoms with van der Waals surface area (Å²) in [6.07, 6.45) is 3.41. The number of carbonyl (C=O) groups is 1. The van der Waals surface area contributed by atoms with Gasteiger partial charge in [0.2, 0.25) is 0 Å². The van der Waals surface area contributed by atoms with Gasteiger partial charge in [0.1, 0.15) is 10.6 Å². The van der Waals surface area contributed by atoms with Crippen LogP contribution in [-0.4, -0.2) is 22.3 Å². The number of nitrogens with one attached hydrogen (secondary N) is 1. The first-order valence-corrected chi connectivity index (χ1v) is 8.96. The fourth-order valence-electron chi connectivity index (χ4n) is 2.27. The lowest BCUT2D eigenvalue weighted by atomic mass is 10.2. The van der Waals surface area contributed by atoms with Crippen LogP contribution in [-0.2, 0) is 13.6 Å². The number of hydrogen-bond donors (Lipinski definition) is 1. The maximum Gasteiger partial charge on any atom is 0.387 e. The molecule has 0 radical (unpaired) electrons. The van der Waals surface area contributed by atoms with Gasteiger partial charge in [-0.1, -0.05) is 11.6 Å². The van der Waals surface area contributed by atoms with E-state index in [1.54, 1.807) is 30.2 Å². The normalized spacial score (nSPS) is 11.3. The number of benzene rings is 1. The van der Waals surface area contributed by atoms with Crippen LogP contribution in [0.1, 0.15) is 15.2 Å². The quantitative estimate of drug-likeness (QED) is 0.619. The third-order valence-electron chi connectivity index (χ3n) is 3.33. The van der Waals surface area contributed by atoms with Crippen molar-refractivity contribution >= 4 is 54.9 Å². The van der Waals surface area contributed by atoms with E-state index in [1.807, 2.05) is 0 Å². The van der Waals surface area contributed by atoms with Gasteiger partial charge in [0.15, 0.2) is 0 Å². The zero-order valence-electron chi connectivity index (χ0n) is 12.7. The number of fused-ring (bicyclic) bond motifs is 1. The van der Waals surface area contributed by atoms with Crippen molar-refractivity contribution in [3.05, 3.63) is 44.5 Å². The van der Waals surface area contributed by atoms with Gasteiger partial charge in [-0.3, -0.25) is 9.48 Å². The molecule has 10 heteroatoms. The second-order valence-electron chi connectivity index (χ2n) is 5.08. The molecular formula is C15H11BrClF2N3O2S. The van der Waals surface area contributed by atoms with Gasteiger partial charge in [-0.2, -0.15) is 13.9 Å². The minimum atomic E-state index is -2.98. The van der Waals surface area contributed by atoms with Crippen LogP contribution in [0.4, 0.5) is 8.78 Å². The number of amides is 1. The highest BCUT2D eigenvalue weighted by Crippen LogP contribution is 2.44. The Morgan fingerprint density at radius 1 is 1.52 bits per heavy atom. The Morgan fingerprint density at radius 3 is 2.92 bits per heavy atom. The minimum Gasteiger partial charge on any atom is -0.434 e. The van der Waals surface area contributed by atoms with Crippen molar-refractivity contribution in [1.29, 1.82) is 0 Å². The van der Waals surface area contributed by atoms with E-state index in [9.17, 15) is 13.6 Å². The number of thiophene rings is 1. The molecule has 3 aromatic rings. The smallest absolute Gasteiger partial charge is 0.387 e. The molecular weight excluding hydrogens is 440 g/mol. The summed E-state index contributed by atoms with van der Waals surface area (Å²) in [5.41, 5.74) is 0.830. The van der Waals surface area contributed by atoms with Crippen LogP contribution >= 0.6 is 38.9 Å². The summed E-state index contributed by atoms with van der Waals surface area (Å²) in [4.78, 5) is 12.7. The lowest BCUT2D eigenvalue weighted by Crippen LogP contribution is -2.21. The van der Waals surface area contributed by atoms with Crippen molar-refractivity contribution in [2.45, 2.75) is 13.2 Å². The van der Waals surface area contributed by atoms with E-state index < -0.39 is 12.5 Å². The lowest BCUT2D eigenvalue weighted by Gasteiger charge is -2.07. The van der Waals surface area contributed by atoms with Crippen molar-refractivity contribution in [3.63, 3.8) is 0 Å². The van der Waals surface area contributed by atoms with Gasteiger partial charge in [0, 0.05) is 29.8 Å². The molecule has 5 nitrogen and oxygen atoms in total. The summed E-state index contributed by atoms with van der Waals surface area (Å²) < 4.78 is 32.5. The highest BCUT2D eigenvalue weighted by atomic mass is 79.9. The van der Waals surface area contributed by atoms with Gasteiger partial charge < -0.3 is 10.1 Å². The summed E-state index contributed by atoms with van der Waals surface area (Å²) in [5, 5.41) is 7.13. The van der Waals surface area contributed by atoms with Crippen molar-refractivity contribution in [2.75, 3.05) is 0 Å². The first kappa shape index (κ1) is 18.1. The Labute approximate surface area is 158 Å². The van der Waals surface area contributed by atoms with Gasteiger partial charge in [0.25, 0.3) is 5.91 Å². The number of aromatic nitrogens is 2. The molecule has 0 bridgehead atoms. The molecule has 0 spiro atoms. The van der Waals surface area contributed by atoms with E-state index in [-0.39, 0.29) is 27.6 Å². The minimum absolute atomic E-state index is 0.0687. The van der Waals surface area contributed by atoms with Crippen molar-refractivity contribution < 1.29 is 18.3 Å². The zero-order chi connectivity index (χ0) is 18.1. The third-order valence-corrected chi connectivity index (χ3v) is 5.96. The molecule has 2 aromatic heterocycles. The zero-order valence-corrected chi connectivity index (χ0v) is 15.9. The molecule has 132 valence electrons. The summed E-state index contributed by atoms with van der Waals surface area (Å²) in [6, 6.07) is 2.96. The number of nitrogens with zero attached hydrogens (tertiary/aromatic N) is 2. The average Bonchev–Trinajstić information content (AvgIpc) is 3.12. The third kappa shape index (κ3) is 3.78. The average molecular weight is 451 g/mol. The summed E-state index contributed by atoms with van der Waals surface area (Å²) in [7, 11) is 1.77. The van der Waals surface area contributed by atoms with Crippen LogP contribution in [0, 0.1) is 0 Å². The van der Waals surface area contributed by atoms with Gasteiger partial charge in [-0.05, 0) is 28.1 Å². The van der Waals surface area contributed by atoms with Gasteiger partial charge >= 0.3 is 6.61 Å². The Hall–Kier alpha value is -1.71. The summed E-state index contributed by atoms with van der Waals surface area (Å²) >= 11 is 10.7. The molecule has 1 aromatic carbocycles. The molecule has 3 rings (SSSR count). The number of ether oxygens (including phenoxy) is 1. The monoisotopic (exact) mass is 449 g/mol. The van der Waals surface area contributed by atoms with Crippen molar-refractivity contribution in [1.82, 2.24) is 15.1 Å². The standard InChI is InChI=1S/C15H11BrClF2N3O2S/c1-22-6-7(5-21-22)4-20-14(23)13-11(17)10-9(24-15(18)19)3-2-8(16)12(10)25-13/h2-3,5-6,15H,4H2,1H3,(H,20,23). The highest BCUT2D eigenvalue weighted by molar-refractivity contribution is 9.10. The van der Waals surface area contributed by atoms with Gasteiger partial charge in [-0.25, -0.2) is 0 Å². The summed E-state index contributed by atoms with van der Waals surface area (Å²) in [6.45, 7) is -2.71. The first-order valence-electron chi connectivity index (χ1n) is 6.98. The molecule has 0 atom stereocenters. The molecule has 0 aliphatic carbocycles. The second kappa shape index (κ2) is 7.27. The molecule has 0 saturated carbocycles. The van der Waals surface area contributed by atoms with Gasteiger partial charge in [-0.15, -0.1) is 11.3 Å². The van der Waals surface area contributed by atoms with E-state index in [0.717, 1.165) is 16.9 Å². The van der Waals surface area contributed by atoms with E-state index in [2.05, 4.69) is 31.1 Å². The van der Waals surface area contributed by atoms with Crippen LogP contribution in [0.2, 0.25) is 5.02 Å². The van der Waals surface area contributed by atoms with Crippen LogP contribution in [0.3, 0.4) is 0 Å². The second-order valence-corrected chi connectivity index (χ2v) is 7.33. The Balaban J connectivity index is 1.92. The van der Waals surface area contributed by atoms with Crippen molar-refractivity contribution in [2.24, 2.45) is 7.05 Å². The first-order chi connectivity index (χ1) is 11.9. The van der Waals surface area contributed by atoms with Crippen LogP contribution in [0.5, 0.6) is 5.75 Å². The maximum atomic E-state index is 12.6. The number of rotatable bonds is 5. The molecule has 1 N–H and O–H groups in total. The van der Waals surface area contributed by atoms with E-state index in [0.29, 0.717) is 9.17 Å². The van der Waals surface area contributed by atoms with E-state index in [1.165, 1.54) is 6.07 Å². The SMILES string of the molecule is Cn1cc(CNC(=O)c2sc3c(Br)ccc(OC(F)F)c3c2Cl)cn1. The molecule has 1 amide bonds. The topological polar surface area (TPSA) is 56.2 Å². The Kier molecular flexibility index (Phi) is 5.26. The Morgan fingerprint density at radius 2 is 2.28 bits per heavy atom. The molecule has 0 saturated heterocycles. The van der Waals surface area contributed by atoms with E-state index >= 15 is 0 Å². The number of alkyl halides is 2. The number of halogens is 4. The molecule has 0 fully saturated rings.